The largest absolute Gasteiger partial charge is 2.00 e. The predicted octanol–water partition coefficient (Wildman–Crippen LogP) is -5.39. The smallest absolute Gasteiger partial charge is 0.872 e. The second-order valence-corrected chi connectivity index (χ2v) is 12.0. The predicted molar refractivity (Wildman–Crippen MR) is 148 cm³/mol. The maximum absolute atomic E-state index is 12.3. The molecule has 17 heteroatoms. The Labute approximate surface area is 292 Å². The van der Waals surface area contributed by atoms with Gasteiger partial charge in [0.05, 0.1) is 52.4 Å². The van der Waals surface area contributed by atoms with Gasteiger partial charge in [0, 0.05) is 23.6 Å². The van der Waals surface area contributed by atoms with E-state index in [-0.39, 0.29) is 28.6 Å². The Morgan fingerprint density at radius 2 is 0.787 bits per heavy atom. The van der Waals surface area contributed by atoms with E-state index in [0.29, 0.717) is 24.2 Å². The van der Waals surface area contributed by atoms with Crippen molar-refractivity contribution in [1.82, 2.24) is 0 Å². The van der Waals surface area contributed by atoms with Gasteiger partial charge in [0.15, 0.2) is 0 Å². The van der Waals surface area contributed by atoms with Crippen molar-refractivity contribution < 1.29 is 94.0 Å². The Bertz CT molecular complexity index is 1100. The Hall–Kier alpha value is -1.92. The van der Waals surface area contributed by atoms with E-state index in [1.54, 1.807) is 24.6 Å². The van der Waals surface area contributed by atoms with Crippen LogP contribution in [0.25, 0.3) is 0 Å². The van der Waals surface area contributed by atoms with E-state index in [1.165, 1.54) is 11.1 Å². The first-order valence-corrected chi connectivity index (χ1v) is 17.3. The van der Waals surface area contributed by atoms with E-state index in [2.05, 4.69) is 51.5 Å². The van der Waals surface area contributed by atoms with Crippen LogP contribution in [0.5, 0.6) is 11.5 Å². The molecule has 0 spiro atoms. The van der Waals surface area contributed by atoms with Crippen LogP contribution in [-0.4, -0.2) is 73.8 Å². The third-order valence-electron chi connectivity index (χ3n) is 8.03. The van der Waals surface area contributed by atoms with Crippen molar-refractivity contribution in [2.24, 2.45) is 9.98 Å². The molecule has 0 heterocycles. The summed E-state index contributed by atoms with van der Waals surface area (Å²) in [6, 6.07) is 11.1. The van der Waals surface area contributed by atoms with E-state index >= 15 is 0 Å². The first-order chi connectivity index (χ1) is 21.3. The number of benzene rings is 2. The van der Waals surface area contributed by atoms with Crippen LogP contribution >= 0.6 is 0 Å². The van der Waals surface area contributed by atoms with Gasteiger partial charge in [-0.15, -0.1) is 32.0 Å². The van der Waals surface area contributed by atoms with Gasteiger partial charge in [0.1, 0.15) is 13.1 Å². The third-order valence-corrected chi connectivity index (χ3v) is 8.03. The molecule has 2 aromatic rings. The summed E-state index contributed by atoms with van der Waals surface area (Å²) >= 11 is 0. The summed E-state index contributed by atoms with van der Waals surface area (Å²) in [5, 5.41) is 24.6. The van der Waals surface area contributed by atoms with E-state index in [0.717, 1.165) is 61.3 Å². The van der Waals surface area contributed by atoms with Crippen molar-refractivity contribution >= 4 is 12.4 Å². The maximum Gasteiger partial charge on any atom is 2.00 e. The van der Waals surface area contributed by atoms with Crippen LogP contribution in [0.15, 0.2) is 46.4 Å². The molecule has 2 aromatic carbocycles. The molecular formula is C30H46Cl2CuN4O10. The topological polar surface area (TPSA) is 255 Å². The molecule has 0 aromatic heterocycles. The quantitative estimate of drug-likeness (QED) is 0.0721. The maximum atomic E-state index is 12.3. The molecule has 0 atom stereocenters. The number of nitrogens with zero attached hydrogens (tertiary/aromatic N) is 4. The fourth-order valence-electron chi connectivity index (χ4n) is 4.82. The molecule has 0 unspecified atom stereocenters. The Balaban J connectivity index is 0. The van der Waals surface area contributed by atoms with Crippen LogP contribution in [0.3, 0.4) is 0 Å². The second-order valence-electron chi connectivity index (χ2n) is 10.5. The summed E-state index contributed by atoms with van der Waals surface area (Å²) in [6.07, 6.45) is 3.33. The number of quaternary nitrogens is 2. The average molecular weight is 757 g/mol. The summed E-state index contributed by atoms with van der Waals surface area (Å²) in [5.74, 6) is -0.0238. The van der Waals surface area contributed by atoms with E-state index in [9.17, 15) is 10.2 Å². The molecule has 0 aliphatic heterocycles. The zero-order valence-corrected chi connectivity index (χ0v) is 30.1. The van der Waals surface area contributed by atoms with Crippen molar-refractivity contribution in [2.75, 3.05) is 52.4 Å². The van der Waals surface area contributed by atoms with Gasteiger partial charge >= 0.3 is 17.1 Å². The molecule has 0 amide bonds. The summed E-state index contributed by atoms with van der Waals surface area (Å²) in [6.45, 7) is 22.5. The minimum Gasteiger partial charge on any atom is -0.872 e. The van der Waals surface area contributed by atoms with Gasteiger partial charge in [-0.3, -0.25) is 9.98 Å². The Kier molecular flexibility index (Phi) is 22.8. The minimum absolute atomic E-state index is 0. The van der Waals surface area contributed by atoms with Gasteiger partial charge in [0.2, 0.25) is 0 Å². The fraction of sp³-hybridized carbons (Fsp3) is 0.533. The van der Waals surface area contributed by atoms with Crippen LogP contribution in [0.4, 0.5) is 0 Å². The monoisotopic (exact) mass is 755 g/mol. The molecule has 0 N–H and O–H groups in total. The third kappa shape index (κ3) is 20.9. The molecule has 0 aliphatic rings. The molecule has 1 radical (unpaired) electrons. The zero-order valence-electron chi connectivity index (χ0n) is 27.6. The zero-order chi connectivity index (χ0) is 35.6. The van der Waals surface area contributed by atoms with Gasteiger partial charge in [-0.2, -0.15) is 0 Å². The first-order valence-electron chi connectivity index (χ1n) is 14.8. The molecule has 0 bridgehead atoms. The van der Waals surface area contributed by atoms with Crippen molar-refractivity contribution in [3.63, 3.8) is 0 Å². The van der Waals surface area contributed by atoms with Crippen LogP contribution in [0.1, 0.15) is 63.8 Å². The van der Waals surface area contributed by atoms with Crippen molar-refractivity contribution in [3.05, 3.63) is 58.7 Å². The van der Waals surface area contributed by atoms with Crippen molar-refractivity contribution in [1.29, 1.82) is 0 Å². The Morgan fingerprint density at radius 1 is 0.532 bits per heavy atom. The number of hydrogen-bond acceptors (Lipinski definition) is 12. The number of halogens is 2. The van der Waals surface area contributed by atoms with Gasteiger partial charge in [0.25, 0.3) is 0 Å². The van der Waals surface area contributed by atoms with Crippen LogP contribution in [0.2, 0.25) is 0 Å². The van der Waals surface area contributed by atoms with Gasteiger partial charge in [-0.25, -0.2) is 37.3 Å². The number of rotatable bonds is 15. The summed E-state index contributed by atoms with van der Waals surface area (Å²) in [5.41, 5.74) is 3.58. The molecule has 0 saturated heterocycles. The molecular weight excluding hydrogens is 711 g/mol. The second kappa shape index (κ2) is 22.7. The SMILES string of the molecule is CC[N+](CC)(CC)Cc1ccc([O-])c(C=NCCN=Cc2cc(C[N+](CC)(CC)CC)ccc2[O-])c1.[Cu+2].[O-][Cl+3]([O-])([O-])[O-].[O-][Cl+3]([O-])([O-])[O-]. The van der Waals surface area contributed by atoms with E-state index in [4.69, 9.17) is 37.3 Å². The average Bonchev–Trinajstić information content (AvgIpc) is 2.97. The van der Waals surface area contributed by atoms with Crippen LogP contribution in [-0.2, 0) is 30.2 Å². The number of hydrogen-bond donors (Lipinski definition) is 0. The van der Waals surface area contributed by atoms with E-state index in [1.807, 2.05) is 24.3 Å². The van der Waals surface area contributed by atoms with Crippen molar-refractivity contribution in [2.45, 2.75) is 54.6 Å². The normalized spacial score (nSPS) is 12.3. The van der Waals surface area contributed by atoms with E-state index < -0.39 is 20.5 Å². The molecule has 0 fully saturated rings. The van der Waals surface area contributed by atoms with Gasteiger partial charge in [-0.05, 0) is 64.8 Å². The molecule has 47 heavy (non-hydrogen) atoms. The Morgan fingerprint density at radius 3 is 1.02 bits per heavy atom. The number of aliphatic imine (C=N–C) groups is 2. The summed E-state index contributed by atoms with van der Waals surface area (Å²) < 4.78 is 69.9. The standard InChI is InChI=1S/C30H46N4O2.2ClHO4.Cu/c1-7-33(8-2,9-3)23-25-13-15-29(35)27(19-25)21-31-17-18-32-22-28-20-26(14-16-30(28)36)24-34(10-4,11-5)12-6;2*2-1(3,4)5;/h13-16,19-22H,7-12,17-18,23-24H2,1-6H3;2*(H,2,3,4,5);/q;;;+2/p-2. The first kappa shape index (κ1) is 47.2. The molecule has 271 valence electrons. The molecule has 14 nitrogen and oxygen atoms in total. The van der Waals surface area contributed by atoms with Gasteiger partial charge < -0.3 is 19.2 Å². The van der Waals surface area contributed by atoms with Crippen molar-refractivity contribution in [3.8, 4) is 11.5 Å². The summed E-state index contributed by atoms with van der Waals surface area (Å²) in [7, 11) is -9.89. The molecule has 0 aliphatic carbocycles. The summed E-state index contributed by atoms with van der Waals surface area (Å²) in [4.78, 5) is 8.86. The van der Waals surface area contributed by atoms with Gasteiger partial charge in [-0.1, -0.05) is 24.3 Å². The minimum atomic E-state index is -4.94. The molecule has 0 saturated carbocycles. The van der Waals surface area contributed by atoms with Crippen LogP contribution < -0.4 is 47.5 Å². The fourth-order valence-corrected chi connectivity index (χ4v) is 4.82. The molecule has 2 rings (SSSR count). The van der Waals surface area contributed by atoms with Crippen LogP contribution in [0, 0.1) is 20.5 Å².